The van der Waals surface area contributed by atoms with Crippen molar-refractivity contribution in [3.8, 4) is 16.9 Å². The Morgan fingerprint density at radius 2 is 1.56 bits per heavy atom. The molecule has 1 aromatic heterocycles. The van der Waals surface area contributed by atoms with Gasteiger partial charge in [-0.05, 0) is 66.3 Å². The zero-order valence-electron chi connectivity index (χ0n) is 24.5. The van der Waals surface area contributed by atoms with Crippen LogP contribution < -0.4 is 20.7 Å². The van der Waals surface area contributed by atoms with Crippen LogP contribution in [0.1, 0.15) is 43.4 Å². The summed E-state index contributed by atoms with van der Waals surface area (Å²) in [5.41, 5.74) is 3.74. The molecular formula is C35H40N4O4. The highest BCUT2D eigenvalue weighted by atomic mass is 16.5. The number of pyridine rings is 1. The number of fused-ring (bicyclic) bond motifs is 2. The molecule has 2 aliphatic carbocycles. The molecule has 0 spiro atoms. The van der Waals surface area contributed by atoms with Gasteiger partial charge >= 0.3 is 0 Å². The van der Waals surface area contributed by atoms with Crippen molar-refractivity contribution >= 4 is 17.7 Å². The Morgan fingerprint density at radius 3 is 2.26 bits per heavy atom. The van der Waals surface area contributed by atoms with E-state index in [1.807, 2.05) is 66.7 Å². The van der Waals surface area contributed by atoms with Gasteiger partial charge in [0.1, 0.15) is 5.75 Å². The first kappa shape index (κ1) is 30.0. The van der Waals surface area contributed by atoms with E-state index < -0.39 is 0 Å². The van der Waals surface area contributed by atoms with Crippen LogP contribution in [0.3, 0.4) is 0 Å². The van der Waals surface area contributed by atoms with Crippen LogP contribution in [0.4, 0.5) is 0 Å². The van der Waals surface area contributed by atoms with Crippen molar-refractivity contribution in [3.63, 3.8) is 0 Å². The van der Waals surface area contributed by atoms with Crippen molar-refractivity contribution < 1.29 is 19.1 Å². The maximum Gasteiger partial charge on any atom is 0.226 e. The van der Waals surface area contributed by atoms with Crippen LogP contribution in [0.2, 0.25) is 0 Å². The monoisotopic (exact) mass is 580 g/mol. The van der Waals surface area contributed by atoms with E-state index in [2.05, 4.69) is 33.1 Å². The van der Waals surface area contributed by atoms with Gasteiger partial charge in [-0.25, -0.2) is 0 Å². The number of ether oxygens (including phenoxy) is 1. The second-order valence-corrected chi connectivity index (χ2v) is 11.4. The molecule has 2 bridgehead atoms. The lowest BCUT2D eigenvalue weighted by atomic mass is 9.93. The van der Waals surface area contributed by atoms with Gasteiger partial charge in [0.2, 0.25) is 17.7 Å². The molecule has 8 nitrogen and oxygen atoms in total. The molecular weight excluding hydrogens is 540 g/mol. The predicted molar refractivity (Wildman–Crippen MR) is 166 cm³/mol. The van der Waals surface area contributed by atoms with Crippen LogP contribution in [-0.4, -0.2) is 42.4 Å². The largest absolute Gasteiger partial charge is 0.494 e. The molecule has 3 N–H and O–H groups in total. The molecule has 3 aromatic rings. The average molecular weight is 581 g/mol. The Morgan fingerprint density at radius 1 is 0.791 bits per heavy atom. The molecule has 2 aromatic carbocycles. The van der Waals surface area contributed by atoms with Gasteiger partial charge < -0.3 is 20.7 Å². The quantitative estimate of drug-likeness (QED) is 0.180. The van der Waals surface area contributed by atoms with Crippen LogP contribution >= 0.6 is 0 Å². The maximum atomic E-state index is 12.3. The molecule has 2 aliphatic rings. The lowest BCUT2D eigenvalue weighted by molar-refractivity contribution is -0.126. The molecule has 1 saturated carbocycles. The fraction of sp³-hybridized carbons (Fsp3) is 0.371. The van der Waals surface area contributed by atoms with Gasteiger partial charge in [0, 0.05) is 49.9 Å². The topological polar surface area (TPSA) is 109 Å². The number of amides is 3. The molecule has 0 radical (unpaired) electrons. The first-order chi connectivity index (χ1) is 21.0. The number of nitrogens with zero attached hydrogens (tertiary/aromatic N) is 1. The van der Waals surface area contributed by atoms with Gasteiger partial charge in [-0.2, -0.15) is 0 Å². The minimum absolute atomic E-state index is 0.0534. The molecule has 43 heavy (non-hydrogen) atoms. The normalized spacial score (nSPS) is 18.3. The van der Waals surface area contributed by atoms with E-state index in [-0.39, 0.29) is 37.0 Å². The molecule has 224 valence electrons. The summed E-state index contributed by atoms with van der Waals surface area (Å²) in [6.07, 6.45) is 10.1. The SMILES string of the molecule is O=C(CCC(=O)NCC1CC2C=CC1C2)NCCCOc1ccc(-c2ccc(CC(=O)NCc3ccccc3)nc2)cc1. The molecule has 5 rings (SSSR count). The van der Waals surface area contributed by atoms with Gasteiger partial charge in [-0.1, -0.05) is 60.7 Å². The number of hydrogen-bond acceptors (Lipinski definition) is 5. The highest BCUT2D eigenvalue weighted by Crippen LogP contribution is 2.42. The molecule has 3 amide bonds. The van der Waals surface area contributed by atoms with Crippen LogP contribution in [0.25, 0.3) is 11.1 Å². The zero-order valence-corrected chi connectivity index (χ0v) is 24.5. The van der Waals surface area contributed by atoms with Crippen molar-refractivity contribution in [2.24, 2.45) is 17.8 Å². The second kappa shape index (κ2) is 15.1. The third-order valence-corrected chi connectivity index (χ3v) is 8.16. The molecule has 8 heteroatoms. The van der Waals surface area contributed by atoms with E-state index in [1.54, 1.807) is 6.20 Å². The van der Waals surface area contributed by atoms with E-state index in [0.29, 0.717) is 56.1 Å². The minimum atomic E-state index is -0.116. The Kier molecular flexibility index (Phi) is 10.6. The first-order valence-electron chi connectivity index (χ1n) is 15.2. The van der Waals surface area contributed by atoms with Gasteiger partial charge in [0.05, 0.1) is 13.0 Å². The average Bonchev–Trinajstić information content (AvgIpc) is 3.67. The Bertz CT molecular complexity index is 1390. The van der Waals surface area contributed by atoms with Gasteiger partial charge in [-0.15, -0.1) is 0 Å². The number of benzene rings is 2. The predicted octanol–water partition coefficient (Wildman–Crippen LogP) is 4.60. The minimum Gasteiger partial charge on any atom is -0.494 e. The number of carbonyl (C=O) groups is 3. The van der Waals surface area contributed by atoms with Gasteiger partial charge in [0.25, 0.3) is 0 Å². The van der Waals surface area contributed by atoms with E-state index in [1.165, 1.54) is 6.42 Å². The third kappa shape index (κ3) is 9.26. The summed E-state index contributed by atoms with van der Waals surface area (Å²) < 4.78 is 5.82. The lowest BCUT2D eigenvalue weighted by Gasteiger charge is -2.18. The number of carbonyl (C=O) groups excluding carboxylic acids is 3. The Balaban J connectivity index is 0.928. The molecule has 3 atom stereocenters. The molecule has 1 heterocycles. The number of aromatic nitrogens is 1. The summed E-state index contributed by atoms with van der Waals surface area (Å²) in [7, 11) is 0. The van der Waals surface area contributed by atoms with Crippen molar-refractivity contribution in [1.82, 2.24) is 20.9 Å². The Labute approximate surface area is 253 Å². The summed E-state index contributed by atoms with van der Waals surface area (Å²) in [5, 5.41) is 8.79. The van der Waals surface area contributed by atoms with E-state index in [9.17, 15) is 14.4 Å². The van der Waals surface area contributed by atoms with Crippen molar-refractivity contribution in [2.75, 3.05) is 19.7 Å². The fourth-order valence-corrected chi connectivity index (χ4v) is 5.74. The fourth-order valence-electron chi connectivity index (χ4n) is 5.74. The molecule has 0 saturated heterocycles. The molecule has 1 fully saturated rings. The van der Waals surface area contributed by atoms with Crippen LogP contribution in [0.15, 0.2) is 85.1 Å². The summed E-state index contributed by atoms with van der Waals surface area (Å²) in [4.78, 5) is 41.0. The summed E-state index contributed by atoms with van der Waals surface area (Å²) in [6, 6.07) is 21.4. The zero-order chi connectivity index (χ0) is 29.9. The maximum absolute atomic E-state index is 12.3. The van der Waals surface area contributed by atoms with E-state index in [4.69, 9.17) is 4.74 Å². The summed E-state index contributed by atoms with van der Waals surface area (Å²) in [6.45, 7) is 2.18. The van der Waals surface area contributed by atoms with Gasteiger partial charge in [0.15, 0.2) is 0 Å². The number of allylic oxidation sites excluding steroid dienone is 2. The molecule has 0 aliphatic heterocycles. The van der Waals surface area contributed by atoms with E-state index in [0.717, 1.165) is 28.9 Å². The van der Waals surface area contributed by atoms with Crippen molar-refractivity contribution in [2.45, 2.75) is 45.1 Å². The number of hydrogen-bond donors (Lipinski definition) is 3. The number of nitrogens with one attached hydrogen (secondary N) is 3. The summed E-state index contributed by atoms with van der Waals surface area (Å²) in [5.74, 6) is 2.37. The lowest BCUT2D eigenvalue weighted by Crippen LogP contribution is -2.32. The van der Waals surface area contributed by atoms with Crippen LogP contribution in [0, 0.1) is 17.8 Å². The first-order valence-corrected chi connectivity index (χ1v) is 15.2. The van der Waals surface area contributed by atoms with Crippen LogP contribution in [-0.2, 0) is 27.3 Å². The van der Waals surface area contributed by atoms with Crippen molar-refractivity contribution in [3.05, 3.63) is 96.3 Å². The third-order valence-electron chi connectivity index (χ3n) is 8.16. The van der Waals surface area contributed by atoms with Gasteiger partial charge in [-0.3, -0.25) is 19.4 Å². The number of rotatable bonds is 15. The van der Waals surface area contributed by atoms with Crippen LogP contribution in [0.5, 0.6) is 5.75 Å². The Hall–Kier alpha value is -4.46. The van der Waals surface area contributed by atoms with E-state index >= 15 is 0 Å². The summed E-state index contributed by atoms with van der Waals surface area (Å²) >= 11 is 0. The highest BCUT2D eigenvalue weighted by Gasteiger charge is 2.35. The smallest absolute Gasteiger partial charge is 0.226 e. The van der Waals surface area contributed by atoms with Crippen molar-refractivity contribution in [1.29, 1.82) is 0 Å². The second-order valence-electron chi connectivity index (χ2n) is 11.4. The highest BCUT2D eigenvalue weighted by molar-refractivity contribution is 5.83. The molecule has 3 unspecified atom stereocenters. The standard InChI is InChI=1S/C35H40N4O4/c40-33(15-16-34(41)39-24-30-20-26-7-8-28(30)19-26)36-17-4-18-43-32-13-10-27(11-14-32)29-9-12-31(37-23-29)21-35(42)38-22-25-5-2-1-3-6-25/h1-3,5-14,23,26,28,30H,4,15-22,24H2,(H,36,40)(H,38,42)(H,39,41).